The Morgan fingerprint density at radius 2 is 1.10 bits per heavy atom. The highest BCUT2D eigenvalue weighted by Gasteiger charge is 2.35. The average Bonchev–Trinajstić information content (AvgIpc) is 3.00. The first-order chi connectivity index (χ1) is 23.1. The molecule has 0 aliphatic carbocycles. The van der Waals surface area contributed by atoms with Gasteiger partial charge in [0, 0.05) is 6.42 Å². The quantitative estimate of drug-likeness (QED) is 0.0467. The lowest BCUT2D eigenvalue weighted by Crippen LogP contribution is -2.62. The van der Waals surface area contributed by atoms with E-state index in [1.807, 2.05) is 5.32 Å². The van der Waals surface area contributed by atoms with Crippen LogP contribution in [0.5, 0.6) is 0 Å². The number of rotatable bonds is 23. The van der Waals surface area contributed by atoms with Crippen LogP contribution < -0.4 is 43.4 Å². The molecule has 0 unspecified atom stereocenters. The van der Waals surface area contributed by atoms with E-state index in [0.717, 1.165) is 6.92 Å². The molecule has 0 aromatic rings. The third kappa shape index (κ3) is 16.5. The van der Waals surface area contributed by atoms with E-state index in [4.69, 9.17) is 21.7 Å². The number of carbonyl (C=O) groups is 9. The van der Waals surface area contributed by atoms with E-state index in [-0.39, 0.29) is 18.8 Å². The minimum absolute atomic E-state index is 0.0638. The summed E-state index contributed by atoms with van der Waals surface area (Å²) in [5.41, 5.74) is 10.6. The second-order valence-corrected chi connectivity index (χ2v) is 11.7. The largest absolute Gasteiger partial charge is 0.481 e. The molecule has 0 fully saturated rings. The fraction of sp³-hybridized carbons (Fsp3) is 0.679. The summed E-state index contributed by atoms with van der Waals surface area (Å²) in [5.74, 6) is -10.4. The average molecular weight is 721 g/mol. The van der Waals surface area contributed by atoms with Gasteiger partial charge in [-0.3, -0.25) is 38.4 Å². The Kier molecular flexibility index (Phi) is 19.8. The van der Waals surface area contributed by atoms with Crippen LogP contribution in [0.2, 0.25) is 0 Å². The van der Waals surface area contributed by atoms with Crippen molar-refractivity contribution < 1.29 is 68.7 Å². The molecule has 22 nitrogen and oxygen atoms in total. The molecule has 284 valence electrons. The number of hydrogen-bond donors (Lipinski definition) is 13. The summed E-state index contributed by atoms with van der Waals surface area (Å²) in [7, 11) is 0. The lowest BCUT2D eigenvalue weighted by Gasteiger charge is -2.28. The third-order valence-electron chi connectivity index (χ3n) is 6.81. The SMILES string of the molecule is CC(C)C[C@H](NC(=O)[C@@H](NC(=O)[C@H](CO)NC(=O)[C@H](C)NC(=O)[C@@H](N)CC(=O)O)[C@@H](C)O)C(=O)N[C@@H](CCC(N)=O)C(=O)N[C@@H](CO)C(=O)O. The Balaban J connectivity index is 5.86. The van der Waals surface area contributed by atoms with E-state index in [9.17, 15) is 58.5 Å². The number of carboxylic acids is 2. The second kappa shape index (κ2) is 21.9. The second-order valence-electron chi connectivity index (χ2n) is 11.7. The molecule has 0 aliphatic rings. The molecule has 0 heterocycles. The molecule has 0 saturated carbocycles. The zero-order valence-electron chi connectivity index (χ0n) is 28.0. The Morgan fingerprint density at radius 3 is 1.56 bits per heavy atom. The van der Waals surface area contributed by atoms with Gasteiger partial charge in [0.15, 0.2) is 0 Å². The molecule has 0 spiro atoms. The molecule has 7 amide bonds. The molecule has 8 atom stereocenters. The molecule has 0 bridgehead atoms. The maximum Gasteiger partial charge on any atom is 0.328 e. The lowest BCUT2D eigenvalue weighted by atomic mass is 10.0. The first-order valence-electron chi connectivity index (χ1n) is 15.3. The van der Waals surface area contributed by atoms with E-state index in [0.29, 0.717) is 0 Å². The Hall–Kier alpha value is -4.93. The maximum atomic E-state index is 13.3. The van der Waals surface area contributed by atoms with Gasteiger partial charge in [0.25, 0.3) is 0 Å². The van der Waals surface area contributed by atoms with Crippen molar-refractivity contribution in [2.45, 2.75) is 102 Å². The van der Waals surface area contributed by atoms with Gasteiger partial charge in [-0.15, -0.1) is 0 Å². The van der Waals surface area contributed by atoms with Crippen LogP contribution in [-0.4, -0.2) is 140 Å². The van der Waals surface area contributed by atoms with Crippen molar-refractivity contribution in [2.75, 3.05) is 13.2 Å². The Morgan fingerprint density at radius 1 is 0.620 bits per heavy atom. The van der Waals surface area contributed by atoms with Gasteiger partial charge in [-0.1, -0.05) is 13.8 Å². The van der Waals surface area contributed by atoms with Crippen molar-refractivity contribution >= 4 is 53.3 Å². The van der Waals surface area contributed by atoms with Crippen molar-refractivity contribution in [2.24, 2.45) is 17.4 Å². The van der Waals surface area contributed by atoms with Crippen molar-refractivity contribution in [1.29, 1.82) is 0 Å². The van der Waals surface area contributed by atoms with Crippen molar-refractivity contribution in [1.82, 2.24) is 31.9 Å². The summed E-state index contributed by atoms with van der Waals surface area (Å²) < 4.78 is 0. The van der Waals surface area contributed by atoms with Gasteiger partial charge in [0.1, 0.15) is 36.3 Å². The zero-order chi connectivity index (χ0) is 38.9. The molecule has 50 heavy (non-hydrogen) atoms. The number of amides is 7. The Labute approximate surface area is 286 Å². The predicted molar refractivity (Wildman–Crippen MR) is 169 cm³/mol. The van der Waals surface area contributed by atoms with E-state index < -0.39 is 128 Å². The summed E-state index contributed by atoms with van der Waals surface area (Å²) in [6.45, 7) is 3.63. The van der Waals surface area contributed by atoms with Gasteiger partial charge in [-0.05, 0) is 32.6 Å². The fourth-order valence-corrected chi connectivity index (χ4v) is 4.07. The van der Waals surface area contributed by atoms with Gasteiger partial charge in [-0.2, -0.15) is 0 Å². The standard InChI is InChI=1S/C28H48N8O14/c1-11(2)7-16(25(46)32-15(5-6-19(30)40)24(45)35-18(10-38)28(49)50)33-27(48)21(13(4)39)36-26(47)17(9-37)34-22(43)12(3)31-23(44)14(29)8-20(41)42/h11-18,21,37-39H,5-10,29H2,1-4H3,(H2,30,40)(H,31,44)(H,32,46)(H,33,48)(H,34,43)(H,35,45)(H,36,47)(H,41,42)(H,49,50)/t12-,13+,14-,15-,16-,17-,18-,21-/m0/s1. The molecule has 0 aromatic heterocycles. The molecule has 0 radical (unpaired) electrons. The number of carboxylic acid groups (broad SMARTS) is 2. The van der Waals surface area contributed by atoms with Crippen molar-refractivity contribution in [3.05, 3.63) is 0 Å². The van der Waals surface area contributed by atoms with Gasteiger partial charge < -0.3 is 68.9 Å². The van der Waals surface area contributed by atoms with Crippen LogP contribution in [0.4, 0.5) is 0 Å². The number of hydrogen-bond acceptors (Lipinski definition) is 13. The topological polar surface area (TPSA) is 379 Å². The van der Waals surface area contributed by atoms with Gasteiger partial charge in [-0.25, -0.2) is 4.79 Å². The molecule has 0 aromatic carbocycles. The first kappa shape index (κ1) is 45.1. The van der Waals surface area contributed by atoms with E-state index in [2.05, 4.69) is 26.6 Å². The van der Waals surface area contributed by atoms with Crippen LogP contribution in [0.25, 0.3) is 0 Å². The minimum Gasteiger partial charge on any atom is -0.481 e. The number of carbonyl (C=O) groups excluding carboxylic acids is 7. The summed E-state index contributed by atoms with van der Waals surface area (Å²) >= 11 is 0. The van der Waals surface area contributed by atoms with Gasteiger partial charge in [0.05, 0.1) is 31.8 Å². The lowest BCUT2D eigenvalue weighted by molar-refractivity contribution is -0.143. The first-order valence-corrected chi connectivity index (χ1v) is 15.3. The van der Waals surface area contributed by atoms with Gasteiger partial charge >= 0.3 is 11.9 Å². The number of nitrogens with two attached hydrogens (primary N) is 2. The smallest absolute Gasteiger partial charge is 0.328 e. The van der Waals surface area contributed by atoms with Crippen LogP contribution in [0.3, 0.4) is 0 Å². The van der Waals surface area contributed by atoms with Crippen LogP contribution in [0, 0.1) is 5.92 Å². The number of nitrogens with one attached hydrogen (secondary N) is 6. The number of aliphatic carboxylic acids is 2. The number of aliphatic hydroxyl groups is 3. The highest BCUT2D eigenvalue weighted by atomic mass is 16.4. The summed E-state index contributed by atoms with van der Waals surface area (Å²) in [6, 6.07) is -11.1. The molecule has 0 rings (SSSR count). The fourth-order valence-electron chi connectivity index (χ4n) is 4.07. The number of primary amides is 1. The molecular weight excluding hydrogens is 672 g/mol. The zero-order valence-corrected chi connectivity index (χ0v) is 28.0. The van der Waals surface area contributed by atoms with Crippen LogP contribution in [0.1, 0.15) is 53.4 Å². The van der Waals surface area contributed by atoms with E-state index in [1.165, 1.54) is 6.92 Å². The predicted octanol–water partition coefficient (Wildman–Crippen LogP) is -6.52. The minimum atomic E-state index is -1.78. The summed E-state index contributed by atoms with van der Waals surface area (Å²) in [5, 5.41) is 60.2. The number of aliphatic hydroxyl groups excluding tert-OH is 3. The molecule has 15 N–H and O–H groups in total. The normalized spacial score (nSPS) is 15.8. The molecule has 22 heteroatoms. The molecule has 0 saturated heterocycles. The Bertz CT molecular complexity index is 1250. The van der Waals surface area contributed by atoms with Crippen molar-refractivity contribution in [3.63, 3.8) is 0 Å². The molecule has 0 aliphatic heterocycles. The maximum absolute atomic E-state index is 13.3. The van der Waals surface area contributed by atoms with Crippen LogP contribution in [-0.2, 0) is 43.2 Å². The van der Waals surface area contributed by atoms with Gasteiger partial charge in [0.2, 0.25) is 41.4 Å². The monoisotopic (exact) mass is 720 g/mol. The van der Waals surface area contributed by atoms with Crippen molar-refractivity contribution in [3.8, 4) is 0 Å². The van der Waals surface area contributed by atoms with Crippen LogP contribution >= 0.6 is 0 Å². The summed E-state index contributed by atoms with van der Waals surface area (Å²) in [4.78, 5) is 110. The van der Waals surface area contributed by atoms with E-state index in [1.54, 1.807) is 13.8 Å². The molecular formula is C28H48N8O14. The highest BCUT2D eigenvalue weighted by Crippen LogP contribution is 2.09. The van der Waals surface area contributed by atoms with Crippen LogP contribution in [0.15, 0.2) is 0 Å². The third-order valence-corrected chi connectivity index (χ3v) is 6.81. The highest BCUT2D eigenvalue weighted by molar-refractivity contribution is 5.97. The van der Waals surface area contributed by atoms with E-state index >= 15 is 0 Å². The summed E-state index contributed by atoms with van der Waals surface area (Å²) in [6.07, 6.45) is -3.21.